The Labute approximate surface area is 257 Å². The first-order chi connectivity index (χ1) is 20.4. The molecule has 0 aliphatic rings. The zero-order chi connectivity index (χ0) is 29.5. The molecule has 5 rings (SSSR count). The molecule has 0 radical (unpaired) electrons. The number of rotatable bonds is 10. The molecule has 1 heterocycles. The molecule has 0 atom stereocenters. The van der Waals surface area contributed by atoms with E-state index in [0.717, 1.165) is 26.2 Å². The van der Waals surface area contributed by atoms with Crippen molar-refractivity contribution in [3.63, 3.8) is 0 Å². The molecule has 0 aliphatic carbocycles. The summed E-state index contributed by atoms with van der Waals surface area (Å²) < 4.78 is 28.7. The van der Waals surface area contributed by atoms with Crippen molar-refractivity contribution in [1.82, 2.24) is 9.99 Å². The van der Waals surface area contributed by atoms with Crippen LogP contribution in [-0.4, -0.2) is 23.3 Å². The summed E-state index contributed by atoms with van der Waals surface area (Å²) in [5.41, 5.74) is 8.52. The van der Waals surface area contributed by atoms with Crippen molar-refractivity contribution < 1.29 is 18.7 Å². The van der Waals surface area contributed by atoms with E-state index in [1.165, 1.54) is 6.07 Å². The van der Waals surface area contributed by atoms with Gasteiger partial charge in [0.25, 0.3) is 5.91 Å². The number of carbonyl (C=O) groups excluding carboxylic acids is 1. The van der Waals surface area contributed by atoms with E-state index in [9.17, 15) is 9.18 Å². The number of carbonyl (C=O) groups is 1. The maximum Gasteiger partial charge on any atom is 0.271 e. The lowest BCUT2D eigenvalue weighted by Gasteiger charge is -2.15. The van der Waals surface area contributed by atoms with Crippen LogP contribution in [0.5, 0.6) is 11.5 Å². The van der Waals surface area contributed by atoms with Gasteiger partial charge in [0.15, 0.2) is 11.5 Å². The minimum absolute atomic E-state index is 0.0719. The number of aromatic nitrogens is 1. The predicted octanol–water partition coefficient (Wildman–Crippen LogP) is 7.94. The molecule has 0 bridgehead atoms. The minimum Gasteiger partial charge on any atom is -0.490 e. The number of nitrogens with one attached hydrogen (secondary N) is 1. The van der Waals surface area contributed by atoms with Gasteiger partial charge in [-0.3, -0.25) is 4.79 Å². The quantitative estimate of drug-likeness (QED) is 0.0931. The molecule has 42 heavy (non-hydrogen) atoms. The van der Waals surface area contributed by atoms with Crippen LogP contribution in [0.15, 0.2) is 108 Å². The average molecular weight is 674 g/mol. The maximum atomic E-state index is 14.0. The van der Waals surface area contributed by atoms with Crippen LogP contribution in [0.4, 0.5) is 4.39 Å². The van der Waals surface area contributed by atoms with E-state index in [1.807, 2.05) is 43.3 Å². The fourth-order valence-electron chi connectivity index (χ4n) is 4.54. The van der Waals surface area contributed by atoms with Gasteiger partial charge in [-0.05, 0) is 102 Å². The Hall–Kier alpha value is -4.44. The third-order valence-electron chi connectivity index (χ3n) is 6.57. The molecule has 0 spiro atoms. The van der Waals surface area contributed by atoms with Gasteiger partial charge in [-0.1, -0.05) is 48.5 Å². The van der Waals surface area contributed by atoms with Crippen LogP contribution in [-0.2, 0) is 6.61 Å². The molecule has 8 heteroatoms. The highest BCUT2D eigenvalue weighted by molar-refractivity contribution is 14.1. The van der Waals surface area contributed by atoms with Crippen molar-refractivity contribution in [2.45, 2.75) is 20.5 Å². The number of hydrogen-bond acceptors (Lipinski definition) is 4. The molecule has 6 nitrogen and oxygen atoms in total. The van der Waals surface area contributed by atoms with Crippen LogP contribution in [0, 0.1) is 16.3 Å². The van der Waals surface area contributed by atoms with E-state index in [1.54, 1.807) is 42.6 Å². The normalized spacial score (nSPS) is 11.0. The fourth-order valence-corrected chi connectivity index (χ4v) is 5.32. The van der Waals surface area contributed by atoms with Crippen LogP contribution in [0.25, 0.3) is 16.9 Å². The first kappa shape index (κ1) is 29.1. The molecule has 0 aliphatic heterocycles. The van der Waals surface area contributed by atoms with Gasteiger partial charge in [0, 0.05) is 22.5 Å². The third-order valence-corrected chi connectivity index (χ3v) is 7.38. The van der Waals surface area contributed by atoms with E-state index in [4.69, 9.17) is 9.47 Å². The molecule has 0 saturated heterocycles. The molecule has 0 saturated carbocycles. The van der Waals surface area contributed by atoms with Gasteiger partial charge in [0.05, 0.1) is 22.1 Å². The SMILES string of the molecule is CCOc1cc(/C=N/NC(=O)c2ccc(-n3c(C)ccc3-c3ccccc3)cc2)cc(I)c1OCc1ccccc1F. The number of halogens is 2. The van der Waals surface area contributed by atoms with E-state index in [-0.39, 0.29) is 18.3 Å². The zero-order valence-electron chi connectivity index (χ0n) is 23.2. The van der Waals surface area contributed by atoms with Crippen LogP contribution < -0.4 is 14.9 Å². The highest BCUT2D eigenvalue weighted by Gasteiger charge is 2.14. The zero-order valence-corrected chi connectivity index (χ0v) is 25.3. The summed E-state index contributed by atoms with van der Waals surface area (Å²) in [5, 5.41) is 4.16. The van der Waals surface area contributed by atoms with Gasteiger partial charge in [-0.15, -0.1) is 0 Å². The van der Waals surface area contributed by atoms with E-state index in [0.29, 0.717) is 34.8 Å². The molecule has 0 fully saturated rings. The summed E-state index contributed by atoms with van der Waals surface area (Å²) in [7, 11) is 0. The molecule has 0 unspecified atom stereocenters. The number of nitrogens with zero attached hydrogens (tertiary/aromatic N) is 2. The Morgan fingerprint density at radius 3 is 2.43 bits per heavy atom. The topological polar surface area (TPSA) is 64.8 Å². The molecule has 1 N–H and O–H groups in total. The van der Waals surface area contributed by atoms with Crippen molar-refractivity contribution in [1.29, 1.82) is 0 Å². The maximum absolute atomic E-state index is 14.0. The number of amides is 1. The van der Waals surface area contributed by atoms with Gasteiger partial charge in [0.2, 0.25) is 0 Å². The van der Waals surface area contributed by atoms with Gasteiger partial charge < -0.3 is 14.0 Å². The minimum atomic E-state index is -0.324. The molecular formula is C34H29FIN3O3. The predicted molar refractivity (Wildman–Crippen MR) is 172 cm³/mol. The second kappa shape index (κ2) is 13.5. The number of hydrogen-bond donors (Lipinski definition) is 1. The van der Waals surface area contributed by atoms with Gasteiger partial charge in [-0.2, -0.15) is 5.10 Å². The molecule has 1 aromatic heterocycles. The lowest BCUT2D eigenvalue weighted by atomic mass is 10.1. The Balaban J connectivity index is 1.27. The summed E-state index contributed by atoms with van der Waals surface area (Å²) >= 11 is 2.14. The summed E-state index contributed by atoms with van der Waals surface area (Å²) in [4.78, 5) is 12.8. The summed E-state index contributed by atoms with van der Waals surface area (Å²) in [6.45, 7) is 4.43. The monoisotopic (exact) mass is 673 g/mol. The van der Waals surface area contributed by atoms with Crippen molar-refractivity contribution in [3.05, 3.63) is 135 Å². The molecule has 1 amide bonds. The Morgan fingerprint density at radius 1 is 0.952 bits per heavy atom. The number of aryl methyl sites for hydroxylation is 1. The first-order valence-electron chi connectivity index (χ1n) is 13.4. The molecule has 5 aromatic rings. The van der Waals surface area contributed by atoms with Crippen LogP contribution in [0.2, 0.25) is 0 Å². The van der Waals surface area contributed by atoms with Gasteiger partial charge in [-0.25, -0.2) is 9.82 Å². The Kier molecular flexibility index (Phi) is 9.33. The van der Waals surface area contributed by atoms with E-state index in [2.05, 4.69) is 68.9 Å². The van der Waals surface area contributed by atoms with Crippen molar-refractivity contribution in [2.75, 3.05) is 6.61 Å². The van der Waals surface area contributed by atoms with Crippen molar-refractivity contribution in [3.8, 4) is 28.4 Å². The highest BCUT2D eigenvalue weighted by atomic mass is 127. The Bertz CT molecular complexity index is 1720. The highest BCUT2D eigenvalue weighted by Crippen LogP contribution is 2.35. The van der Waals surface area contributed by atoms with Crippen LogP contribution in [0.3, 0.4) is 0 Å². The van der Waals surface area contributed by atoms with E-state index < -0.39 is 0 Å². The standard InChI is InChI=1S/C34H29FIN3O3/c1-3-41-32-20-24(19-30(36)33(32)42-22-27-11-7-8-12-29(27)35)21-37-38-34(40)26-14-16-28(17-15-26)39-23(2)13-18-31(39)25-9-5-4-6-10-25/h4-21H,3,22H2,1-2H3,(H,38,40)/b37-21+. The number of benzene rings is 4. The third kappa shape index (κ3) is 6.71. The summed E-state index contributed by atoms with van der Waals surface area (Å²) in [6.07, 6.45) is 1.55. The van der Waals surface area contributed by atoms with Gasteiger partial charge >= 0.3 is 0 Å². The Morgan fingerprint density at radius 2 is 1.69 bits per heavy atom. The second-order valence-corrected chi connectivity index (χ2v) is 10.6. The van der Waals surface area contributed by atoms with Gasteiger partial charge in [0.1, 0.15) is 12.4 Å². The first-order valence-corrected chi connectivity index (χ1v) is 14.5. The molecule has 212 valence electrons. The van der Waals surface area contributed by atoms with Crippen LogP contribution in [0.1, 0.15) is 34.1 Å². The molecule has 4 aromatic carbocycles. The summed E-state index contributed by atoms with van der Waals surface area (Å²) in [5.74, 6) is 0.390. The number of ether oxygens (including phenoxy) is 2. The van der Waals surface area contributed by atoms with Crippen molar-refractivity contribution >= 4 is 34.7 Å². The lowest BCUT2D eigenvalue weighted by Crippen LogP contribution is -2.17. The smallest absolute Gasteiger partial charge is 0.271 e. The van der Waals surface area contributed by atoms with E-state index >= 15 is 0 Å². The van der Waals surface area contributed by atoms with Crippen molar-refractivity contribution in [2.24, 2.45) is 5.10 Å². The summed E-state index contributed by atoms with van der Waals surface area (Å²) in [6, 6.07) is 31.9. The molecular weight excluding hydrogens is 644 g/mol. The lowest BCUT2D eigenvalue weighted by molar-refractivity contribution is 0.0955. The largest absolute Gasteiger partial charge is 0.490 e. The fraction of sp³-hybridized carbons (Fsp3) is 0.118. The van der Waals surface area contributed by atoms with Crippen LogP contribution >= 0.6 is 22.6 Å². The number of hydrazone groups is 1. The second-order valence-electron chi connectivity index (χ2n) is 9.45. The average Bonchev–Trinajstić information content (AvgIpc) is 3.39.